The Hall–Kier alpha value is -2.34. The van der Waals surface area contributed by atoms with Gasteiger partial charge < -0.3 is 10.1 Å². The Morgan fingerprint density at radius 3 is 2.62 bits per heavy atom. The summed E-state index contributed by atoms with van der Waals surface area (Å²) in [5, 5.41) is 2.78. The number of carbonyl (C=O) groups is 1. The van der Waals surface area contributed by atoms with Crippen molar-refractivity contribution in [2.75, 3.05) is 11.5 Å². The second-order valence-corrected chi connectivity index (χ2v) is 8.10. The van der Waals surface area contributed by atoms with Crippen molar-refractivity contribution in [1.29, 1.82) is 0 Å². The van der Waals surface area contributed by atoms with Gasteiger partial charge in [-0.2, -0.15) is 0 Å². The van der Waals surface area contributed by atoms with E-state index in [4.69, 9.17) is 4.74 Å². The van der Waals surface area contributed by atoms with Gasteiger partial charge in [-0.25, -0.2) is 8.42 Å². The first kappa shape index (κ1) is 16.5. The summed E-state index contributed by atoms with van der Waals surface area (Å²) in [6, 6.07) is 16.4. The van der Waals surface area contributed by atoms with E-state index in [0.717, 1.165) is 5.56 Å². The minimum absolute atomic E-state index is 0.0168. The molecule has 1 aliphatic heterocycles. The minimum atomic E-state index is -3.01. The molecule has 1 N–H and O–H groups in total. The third kappa shape index (κ3) is 4.35. The van der Waals surface area contributed by atoms with Crippen LogP contribution in [-0.2, 0) is 16.4 Å². The molecule has 5 nitrogen and oxygen atoms in total. The maximum Gasteiger partial charge on any atom is 0.251 e. The Kier molecular flexibility index (Phi) is 4.85. The highest BCUT2D eigenvalue weighted by molar-refractivity contribution is 7.91. The summed E-state index contributed by atoms with van der Waals surface area (Å²) in [5.74, 6) is 0.481. The number of hydrogen-bond acceptors (Lipinski definition) is 4. The van der Waals surface area contributed by atoms with Gasteiger partial charge >= 0.3 is 0 Å². The number of ether oxygens (including phenoxy) is 1. The number of nitrogens with one attached hydrogen (secondary N) is 1. The van der Waals surface area contributed by atoms with E-state index in [9.17, 15) is 13.2 Å². The van der Waals surface area contributed by atoms with E-state index in [1.807, 2.05) is 30.3 Å². The van der Waals surface area contributed by atoms with Crippen molar-refractivity contribution in [1.82, 2.24) is 5.32 Å². The van der Waals surface area contributed by atoms with Crippen molar-refractivity contribution in [2.45, 2.75) is 19.1 Å². The van der Waals surface area contributed by atoms with E-state index < -0.39 is 9.84 Å². The van der Waals surface area contributed by atoms with Crippen LogP contribution in [0, 0.1) is 0 Å². The Labute approximate surface area is 141 Å². The zero-order chi connectivity index (χ0) is 17.0. The van der Waals surface area contributed by atoms with Crippen LogP contribution in [0.2, 0.25) is 0 Å². The normalized spacial score (nSPS) is 18.9. The van der Waals surface area contributed by atoms with Crippen LogP contribution in [0.25, 0.3) is 0 Å². The molecule has 1 fully saturated rings. The number of amides is 1. The van der Waals surface area contributed by atoms with Crippen LogP contribution in [0.15, 0.2) is 54.6 Å². The van der Waals surface area contributed by atoms with Crippen LogP contribution >= 0.6 is 0 Å². The topological polar surface area (TPSA) is 72.5 Å². The maximum atomic E-state index is 12.3. The fourth-order valence-electron chi connectivity index (χ4n) is 2.65. The van der Waals surface area contributed by atoms with Crippen LogP contribution in [0.1, 0.15) is 22.3 Å². The molecule has 1 amide bonds. The zero-order valence-electron chi connectivity index (χ0n) is 13.1. The average Bonchev–Trinajstić information content (AvgIpc) is 2.93. The lowest BCUT2D eigenvalue weighted by atomic mass is 10.1. The van der Waals surface area contributed by atoms with Crippen LogP contribution in [-0.4, -0.2) is 31.9 Å². The Morgan fingerprint density at radius 2 is 1.92 bits per heavy atom. The third-order valence-electron chi connectivity index (χ3n) is 3.91. The van der Waals surface area contributed by atoms with Crippen molar-refractivity contribution in [3.8, 4) is 5.75 Å². The fraction of sp³-hybridized carbons (Fsp3) is 0.278. The first-order valence-electron chi connectivity index (χ1n) is 7.80. The van der Waals surface area contributed by atoms with Crippen LogP contribution in [0.4, 0.5) is 0 Å². The molecule has 0 aromatic heterocycles. The van der Waals surface area contributed by atoms with E-state index in [2.05, 4.69) is 5.32 Å². The largest absolute Gasteiger partial charge is 0.489 e. The summed E-state index contributed by atoms with van der Waals surface area (Å²) < 4.78 is 28.6. The van der Waals surface area contributed by atoms with Gasteiger partial charge in [-0.05, 0) is 30.2 Å². The predicted molar refractivity (Wildman–Crippen MR) is 91.7 cm³/mol. The fourth-order valence-corrected chi connectivity index (χ4v) is 4.32. The summed E-state index contributed by atoms with van der Waals surface area (Å²) in [6.07, 6.45) is 0.471. The average molecular weight is 345 g/mol. The molecule has 1 atom stereocenters. The highest BCUT2D eigenvalue weighted by Crippen LogP contribution is 2.17. The molecule has 0 saturated carbocycles. The lowest BCUT2D eigenvalue weighted by molar-refractivity contribution is 0.0940. The molecule has 0 unspecified atom stereocenters. The van der Waals surface area contributed by atoms with E-state index >= 15 is 0 Å². The van der Waals surface area contributed by atoms with E-state index in [1.54, 1.807) is 24.3 Å². The van der Waals surface area contributed by atoms with Gasteiger partial charge in [0.1, 0.15) is 12.4 Å². The van der Waals surface area contributed by atoms with Crippen molar-refractivity contribution < 1.29 is 17.9 Å². The molecule has 2 aromatic rings. The third-order valence-corrected chi connectivity index (χ3v) is 5.68. The number of rotatable bonds is 5. The molecule has 1 saturated heterocycles. The monoisotopic (exact) mass is 345 g/mol. The van der Waals surface area contributed by atoms with Crippen LogP contribution < -0.4 is 10.1 Å². The lowest BCUT2D eigenvalue weighted by Gasteiger charge is -2.12. The minimum Gasteiger partial charge on any atom is -0.489 e. The van der Waals surface area contributed by atoms with Gasteiger partial charge in [-0.15, -0.1) is 0 Å². The molecule has 24 heavy (non-hydrogen) atoms. The molecular formula is C18H19NO4S. The molecule has 3 rings (SSSR count). The van der Waals surface area contributed by atoms with Gasteiger partial charge in [0.15, 0.2) is 9.84 Å². The zero-order valence-corrected chi connectivity index (χ0v) is 14.0. The smallest absolute Gasteiger partial charge is 0.251 e. The maximum absolute atomic E-state index is 12.3. The summed E-state index contributed by atoms with van der Waals surface area (Å²) >= 11 is 0. The number of benzene rings is 2. The first-order valence-corrected chi connectivity index (χ1v) is 9.62. The number of hydrogen-bond donors (Lipinski definition) is 1. The van der Waals surface area contributed by atoms with Crippen molar-refractivity contribution in [3.05, 3.63) is 65.7 Å². The van der Waals surface area contributed by atoms with Gasteiger partial charge in [0.2, 0.25) is 0 Å². The molecule has 1 aliphatic rings. The molecule has 0 radical (unpaired) electrons. The van der Waals surface area contributed by atoms with Crippen LogP contribution in [0.5, 0.6) is 5.75 Å². The molecule has 2 aromatic carbocycles. The Balaban J connectivity index is 1.61. The van der Waals surface area contributed by atoms with Gasteiger partial charge in [0, 0.05) is 11.6 Å². The van der Waals surface area contributed by atoms with Crippen molar-refractivity contribution in [3.63, 3.8) is 0 Å². The lowest BCUT2D eigenvalue weighted by Crippen LogP contribution is -2.35. The molecule has 1 heterocycles. The summed E-state index contributed by atoms with van der Waals surface area (Å²) in [4.78, 5) is 12.3. The summed E-state index contributed by atoms with van der Waals surface area (Å²) in [6.45, 7) is 0.423. The second-order valence-electron chi connectivity index (χ2n) is 5.88. The Bertz CT molecular complexity index is 818. The number of carbonyl (C=O) groups excluding carboxylic acids is 1. The highest BCUT2D eigenvalue weighted by Gasteiger charge is 2.29. The van der Waals surface area contributed by atoms with Crippen molar-refractivity contribution in [2.24, 2.45) is 0 Å². The van der Waals surface area contributed by atoms with Gasteiger partial charge in [-0.3, -0.25) is 4.79 Å². The van der Waals surface area contributed by atoms with E-state index in [0.29, 0.717) is 24.3 Å². The quantitative estimate of drug-likeness (QED) is 0.901. The molecule has 0 spiro atoms. The SMILES string of the molecule is O=C(N[C@H]1CCS(=O)(=O)C1)c1cccc(OCc2ccccc2)c1. The molecule has 0 bridgehead atoms. The predicted octanol–water partition coefficient (Wildman–Crippen LogP) is 2.18. The van der Waals surface area contributed by atoms with Gasteiger partial charge in [0.25, 0.3) is 5.91 Å². The molecule has 6 heteroatoms. The molecule has 0 aliphatic carbocycles. The van der Waals surface area contributed by atoms with Gasteiger partial charge in [-0.1, -0.05) is 36.4 Å². The number of sulfone groups is 1. The summed E-state index contributed by atoms with van der Waals surface area (Å²) in [5.41, 5.74) is 1.51. The van der Waals surface area contributed by atoms with Crippen LogP contribution in [0.3, 0.4) is 0 Å². The van der Waals surface area contributed by atoms with Gasteiger partial charge in [0.05, 0.1) is 11.5 Å². The second kappa shape index (κ2) is 7.05. The van der Waals surface area contributed by atoms with Crippen molar-refractivity contribution >= 4 is 15.7 Å². The van der Waals surface area contributed by atoms with E-state index in [1.165, 1.54) is 0 Å². The van der Waals surface area contributed by atoms with E-state index in [-0.39, 0.29) is 23.5 Å². The highest BCUT2D eigenvalue weighted by atomic mass is 32.2. The molecular weight excluding hydrogens is 326 g/mol. The first-order chi connectivity index (χ1) is 11.5. The standard InChI is InChI=1S/C18H19NO4S/c20-18(19-16-9-10-24(21,22)13-16)15-7-4-8-17(11-15)23-12-14-5-2-1-3-6-14/h1-8,11,16H,9-10,12-13H2,(H,19,20)/t16-/m0/s1. The summed E-state index contributed by atoms with van der Waals surface area (Å²) in [7, 11) is -3.01. The molecule has 126 valence electrons. The Morgan fingerprint density at radius 1 is 1.12 bits per heavy atom.